The van der Waals surface area contributed by atoms with E-state index in [9.17, 15) is 0 Å². The number of anilines is 3. The Balaban J connectivity index is 1.06. The highest BCUT2D eigenvalue weighted by molar-refractivity contribution is 6.17. The molecule has 10 aromatic carbocycles. The molecule has 258 valence electrons. The van der Waals surface area contributed by atoms with E-state index in [0.29, 0.717) is 0 Å². The summed E-state index contributed by atoms with van der Waals surface area (Å²) in [6, 6.07) is 81.4. The van der Waals surface area contributed by atoms with Crippen molar-refractivity contribution < 1.29 is 0 Å². The number of fused-ring (bicyclic) bond motifs is 5. The van der Waals surface area contributed by atoms with Gasteiger partial charge in [-0.1, -0.05) is 182 Å². The van der Waals surface area contributed by atoms with Gasteiger partial charge >= 0.3 is 0 Å². The second-order valence-corrected chi connectivity index (χ2v) is 14.2. The summed E-state index contributed by atoms with van der Waals surface area (Å²) >= 11 is 0. The lowest BCUT2D eigenvalue weighted by molar-refractivity contribution is 1.28. The SMILES string of the molecule is c1ccc(-c2ccc(-c3ccc(N(c4cccc(-c5ccccc5)c4)c4cccc(-c5ccc6ccc7c8ccccc8ccc7c6c5)c4)cc3)cc2)cc1. The molecule has 0 fully saturated rings. The fourth-order valence-corrected chi connectivity index (χ4v) is 8.01. The van der Waals surface area contributed by atoms with E-state index in [4.69, 9.17) is 0 Å². The first-order valence-electron chi connectivity index (χ1n) is 18.9. The first kappa shape index (κ1) is 32.4. The molecule has 0 aromatic heterocycles. The van der Waals surface area contributed by atoms with E-state index in [1.54, 1.807) is 0 Å². The number of hydrogen-bond acceptors (Lipinski definition) is 1. The monoisotopic (exact) mass is 699 g/mol. The molecule has 55 heavy (non-hydrogen) atoms. The van der Waals surface area contributed by atoms with Crippen molar-refractivity contribution in [3.63, 3.8) is 0 Å². The molecule has 0 heterocycles. The van der Waals surface area contributed by atoms with Crippen LogP contribution in [0.15, 0.2) is 224 Å². The van der Waals surface area contributed by atoms with Crippen molar-refractivity contribution >= 4 is 49.4 Å². The maximum absolute atomic E-state index is 2.38. The van der Waals surface area contributed by atoms with Crippen LogP contribution in [0, 0.1) is 0 Å². The third-order valence-corrected chi connectivity index (χ3v) is 10.8. The molecule has 0 saturated heterocycles. The third kappa shape index (κ3) is 6.22. The molecule has 0 bridgehead atoms. The Morgan fingerprint density at radius 2 is 0.600 bits per heavy atom. The average Bonchev–Trinajstić information content (AvgIpc) is 3.27. The normalized spacial score (nSPS) is 11.3. The molecule has 0 saturated carbocycles. The first-order chi connectivity index (χ1) is 27.2. The molecule has 0 unspecified atom stereocenters. The van der Waals surface area contributed by atoms with Crippen molar-refractivity contribution in [1.29, 1.82) is 0 Å². The van der Waals surface area contributed by atoms with Crippen molar-refractivity contribution in [1.82, 2.24) is 0 Å². The van der Waals surface area contributed by atoms with Gasteiger partial charge in [0.1, 0.15) is 0 Å². The highest BCUT2D eigenvalue weighted by Gasteiger charge is 2.16. The van der Waals surface area contributed by atoms with Gasteiger partial charge in [-0.3, -0.25) is 0 Å². The summed E-state index contributed by atoms with van der Waals surface area (Å²) in [6.45, 7) is 0. The first-order valence-corrected chi connectivity index (χ1v) is 18.9. The summed E-state index contributed by atoms with van der Waals surface area (Å²) < 4.78 is 0. The van der Waals surface area contributed by atoms with E-state index in [1.165, 1.54) is 76.8 Å². The molecule has 1 nitrogen and oxygen atoms in total. The average molecular weight is 700 g/mol. The molecule has 10 rings (SSSR count). The second kappa shape index (κ2) is 14.0. The molecule has 1 heteroatoms. The van der Waals surface area contributed by atoms with E-state index in [1.807, 2.05) is 0 Å². The van der Waals surface area contributed by atoms with Crippen molar-refractivity contribution in [3.05, 3.63) is 224 Å². The molecule has 0 aliphatic carbocycles. The van der Waals surface area contributed by atoms with Gasteiger partial charge in [-0.05, 0) is 119 Å². The number of nitrogens with zero attached hydrogens (tertiary/aromatic N) is 1. The molecule has 0 spiro atoms. The number of benzene rings is 10. The Morgan fingerprint density at radius 1 is 0.200 bits per heavy atom. The molecular formula is C54H37N. The van der Waals surface area contributed by atoms with Gasteiger partial charge in [-0.15, -0.1) is 0 Å². The van der Waals surface area contributed by atoms with E-state index in [2.05, 4.69) is 229 Å². The zero-order valence-corrected chi connectivity index (χ0v) is 30.3. The van der Waals surface area contributed by atoms with Crippen LogP contribution in [0.2, 0.25) is 0 Å². The van der Waals surface area contributed by atoms with Crippen LogP contribution in [-0.4, -0.2) is 0 Å². The summed E-state index contributed by atoms with van der Waals surface area (Å²) in [5, 5.41) is 7.64. The molecule has 0 amide bonds. The van der Waals surface area contributed by atoms with Gasteiger partial charge in [-0.2, -0.15) is 0 Å². The summed E-state index contributed by atoms with van der Waals surface area (Å²) in [6.07, 6.45) is 0. The molecule has 0 N–H and O–H groups in total. The number of hydrogen-bond donors (Lipinski definition) is 0. The quantitative estimate of drug-likeness (QED) is 0.150. The lowest BCUT2D eigenvalue weighted by Gasteiger charge is -2.27. The fourth-order valence-electron chi connectivity index (χ4n) is 8.01. The van der Waals surface area contributed by atoms with Crippen LogP contribution in [-0.2, 0) is 0 Å². The standard InChI is InChI=1S/C54H37N/c1-3-11-38(12-4-1)40-21-23-41(24-22-40)42-27-31-48(32-28-42)55(49-18-9-16-45(35-49)39-13-5-2-6-14-39)50-19-10-17-46(36-50)47-26-25-44-30-33-52-51-20-8-7-15-43(51)29-34-53(52)54(44)37-47/h1-37H. The fraction of sp³-hybridized carbons (Fsp3) is 0. The zero-order valence-electron chi connectivity index (χ0n) is 30.3. The third-order valence-electron chi connectivity index (χ3n) is 10.8. The maximum atomic E-state index is 2.38. The van der Waals surface area contributed by atoms with Crippen LogP contribution >= 0.6 is 0 Å². The van der Waals surface area contributed by atoms with Gasteiger partial charge in [0.2, 0.25) is 0 Å². The predicted octanol–water partition coefficient (Wildman–Crippen LogP) is 15.3. The lowest BCUT2D eigenvalue weighted by atomic mass is 9.94. The molecule has 0 atom stereocenters. The van der Waals surface area contributed by atoms with Gasteiger partial charge in [0.15, 0.2) is 0 Å². The van der Waals surface area contributed by atoms with E-state index in [0.717, 1.165) is 17.1 Å². The highest BCUT2D eigenvalue weighted by atomic mass is 15.1. The lowest BCUT2D eigenvalue weighted by Crippen LogP contribution is -2.10. The maximum Gasteiger partial charge on any atom is 0.0467 e. The van der Waals surface area contributed by atoms with E-state index in [-0.39, 0.29) is 0 Å². The van der Waals surface area contributed by atoms with Crippen LogP contribution in [0.25, 0.3) is 76.8 Å². The Bertz CT molecular complexity index is 2950. The van der Waals surface area contributed by atoms with Gasteiger partial charge in [0, 0.05) is 17.1 Å². The summed E-state index contributed by atoms with van der Waals surface area (Å²) in [5.74, 6) is 0. The van der Waals surface area contributed by atoms with Gasteiger partial charge in [0.05, 0.1) is 0 Å². The molecular weight excluding hydrogens is 663 g/mol. The Labute approximate surface area is 322 Å². The molecule has 10 aromatic rings. The molecule has 0 radical (unpaired) electrons. The predicted molar refractivity (Wildman–Crippen MR) is 235 cm³/mol. The van der Waals surface area contributed by atoms with Gasteiger partial charge < -0.3 is 4.90 Å². The minimum Gasteiger partial charge on any atom is -0.310 e. The minimum atomic E-state index is 1.10. The van der Waals surface area contributed by atoms with Crippen molar-refractivity contribution in [2.24, 2.45) is 0 Å². The largest absolute Gasteiger partial charge is 0.310 e. The zero-order chi connectivity index (χ0) is 36.6. The summed E-state index contributed by atoms with van der Waals surface area (Å²) in [4.78, 5) is 2.38. The Morgan fingerprint density at radius 3 is 1.22 bits per heavy atom. The van der Waals surface area contributed by atoms with Crippen molar-refractivity contribution in [2.75, 3.05) is 4.90 Å². The van der Waals surface area contributed by atoms with Crippen molar-refractivity contribution in [3.8, 4) is 44.5 Å². The van der Waals surface area contributed by atoms with Crippen LogP contribution in [0.3, 0.4) is 0 Å². The van der Waals surface area contributed by atoms with Crippen LogP contribution < -0.4 is 4.90 Å². The topological polar surface area (TPSA) is 3.24 Å². The second-order valence-electron chi connectivity index (χ2n) is 14.2. The van der Waals surface area contributed by atoms with Crippen LogP contribution in [0.1, 0.15) is 0 Å². The van der Waals surface area contributed by atoms with Crippen molar-refractivity contribution in [2.45, 2.75) is 0 Å². The smallest absolute Gasteiger partial charge is 0.0467 e. The van der Waals surface area contributed by atoms with E-state index >= 15 is 0 Å². The van der Waals surface area contributed by atoms with Gasteiger partial charge in [-0.25, -0.2) is 0 Å². The minimum absolute atomic E-state index is 1.10. The van der Waals surface area contributed by atoms with E-state index < -0.39 is 0 Å². The van der Waals surface area contributed by atoms with Gasteiger partial charge in [0.25, 0.3) is 0 Å². The Hall–Kier alpha value is -7.22. The summed E-state index contributed by atoms with van der Waals surface area (Å²) in [5.41, 5.74) is 12.9. The summed E-state index contributed by atoms with van der Waals surface area (Å²) in [7, 11) is 0. The molecule has 0 aliphatic rings. The Kier molecular flexibility index (Phi) is 8.24. The highest BCUT2D eigenvalue weighted by Crippen LogP contribution is 2.40. The molecule has 0 aliphatic heterocycles. The number of rotatable bonds is 7. The van der Waals surface area contributed by atoms with Crippen LogP contribution in [0.5, 0.6) is 0 Å². The van der Waals surface area contributed by atoms with Crippen LogP contribution in [0.4, 0.5) is 17.1 Å².